The zero-order valence-corrected chi connectivity index (χ0v) is 18.9. The van der Waals surface area contributed by atoms with E-state index < -0.39 is 5.97 Å². The number of hydrogen-bond donors (Lipinski definition) is 1. The van der Waals surface area contributed by atoms with Gasteiger partial charge in [0, 0.05) is 19.5 Å². The fraction of sp³-hybridized carbons (Fsp3) is 0.520. The van der Waals surface area contributed by atoms with E-state index in [1.165, 1.54) is 18.4 Å². The highest BCUT2D eigenvalue weighted by molar-refractivity contribution is 5.80. The van der Waals surface area contributed by atoms with Gasteiger partial charge < -0.3 is 14.6 Å². The Kier molecular flexibility index (Phi) is 9.01. The van der Waals surface area contributed by atoms with E-state index in [9.17, 15) is 14.4 Å². The van der Waals surface area contributed by atoms with Crippen LogP contribution in [-0.2, 0) is 27.3 Å². The lowest BCUT2D eigenvalue weighted by atomic mass is 9.97. The Hall–Kier alpha value is -2.96. The van der Waals surface area contributed by atoms with Crippen LogP contribution in [0.2, 0.25) is 0 Å². The predicted octanol–water partition coefficient (Wildman–Crippen LogP) is 3.68. The number of aromatic nitrogens is 2. The third-order valence-corrected chi connectivity index (χ3v) is 5.74. The normalized spacial score (nSPS) is 13.6. The Morgan fingerprint density at radius 3 is 2.81 bits per heavy atom. The van der Waals surface area contributed by atoms with Crippen LogP contribution in [0.5, 0.6) is 0 Å². The van der Waals surface area contributed by atoms with Crippen LogP contribution in [0.25, 0.3) is 11.0 Å². The van der Waals surface area contributed by atoms with Gasteiger partial charge in [0.05, 0.1) is 17.5 Å². The molecule has 0 radical (unpaired) electrons. The number of carbonyl (C=O) groups is 2. The molecule has 1 amide bonds. The van der Waals surface area contributed by atoms with E-state index >= 15 is 0 Å². The summed E-state index contributed by atoms with van der Waals surface area (Å²) in [6.07, 6.45) is 9.85. The van der Waals surface area contributed by atoms with E-state index in [0.29, 0.717) is 18.8 Å². The van der Waals surface area contributed by atoms with Crippen molar-refractivity contribution in [1.29, 1.82) is 0 Å². The van der Waals surface area contributed by atoms with Crippen LogP contribution in [0.4, 0.5) is 0 Å². The Morgan fingerprint density at radius 2 is 2.03 bits per heavy atom. The van der Waals surface area contributed by atoms with Crippen LogP contribution in [0.3, 0.4) is 0 Å². The maximum Gasteiger partial charge on any atom is 0.306 e. The summed E-state index contributed by atoms with van der Waals surface area (Å²) in [6, 6.07) is 7.53. The zero-order valence-electron chi connectivity index (χ0n) is 18.9. The fourth-order valence-corrected chi connectivity index (χ4v) is 3.93. The van der Waals surface area contributed by atoms with E-state index in [2.05, 4.69) is 23.3 Å². The van der Waals surface area contributed by atoms with E-state index in [1.807, 2.05) is 24.3 Å². The number of nitrogens with zero attached hydrogens (tertiary/aromatic N) is 2. The number of ether oxygens (including phenoxy) is 1. The number of fused-ring (bicyclic) bond motifs is 1. The van der Waals surface area contributed by atoms with Gasteiger partial charge in [0.2, 0.25) is 0 Å². The van der Waals surface area contributed by atoms with E-state index in [4.69, 9.17) is 4.74 Å². The van der Waals surface area contributed by atoms with Gasteiger partial charge in [-0.1, -0.05) is 37.1 Å². The highest BCUT2D eigenvalue weighted by Gasteiger charge is 2.14. The van der Waals surface area contributed by atoms with Crippen molar-refractivity contribution in [2.24, 2.45) is 0 Å². The fourth-order valence-electron chi connectivity index (χ4n) is 3.93. The topological polar surface area (TPSA) is 90.3 Å². The molecular formula is C25H33N3O4. The Bertz CT molecular complexity index is 1030. The number of allylic oxidation sites excluding steroid dienone is 1. The Labute approximate surface area is 188 Å². The lowest BCUT2D eigenvalue weighted by Crippen LogP contribution is -2.30. The first kappa shape index (κ1) is 23.7. The highest BCUT2D eigenvalue weighted by atomic mass is 16.5. The lowest BCUT2D eigenvalue weighted by molar-refractivity contribution is -0.148. The van der Waals surface area contributed by atoms with Crippen molar-refractivity contribution in [3.8, 4) is 0 Å². The van der Waals surface area contributed by atoms with Gasteiger partial charge in [0.1, 0.15) is 5.69 Å². The number of nitrogens with one attached hydrogen (secondary N) is 1. The molecule has 1 heterocycles. The third-order valence-electron chi connectivity index (χ3n) is 5.74. The number of esters is 1. The van der Waals surface area contributed by atoms with Crippen molar-refractivity contribution < 1.29 is 14.3 Å². The van der Waals surface area contributed by atoms with Gasteiger partial charge >= 0.3 is 5.97 Å². The van der Waals surface area contributed by atoms with Crippen molar-refractivity contribution in [2.45, 2.75) is 71.3 Å². The van der Waals surface area contributed by atoms with Gasteiger partial charge in [-0.2, -0.15) is 0 Å². The van der Waals surface area contributed by atoms with Gasteiger partial charge in [0.15, 0.2) is 6.61 Å². The number of carbonyl (C=O) groups excluding carboxylic acids is 2. The van der Waals surface area contributed by atoms with Crippen LogP contribution in [-0.4, -0.2) is 34.6 Å². The first-order chi connectivity index (χ1) is 15.6. The lowest BCUT2D eigenvalue weighted by Gasteiger charge is -2.13. The minimum Gasteiger partial charge on any atom is -0.456 e. The summed E-state index contributed by atoms with van der Waals surface area (Å²) in [7, 11) is 0. The van der Waals surface area contributed by atoms with Gasteiger partial charge in [-0.3, -0.25) is 14.4 Å². The molecule has 32 heavy (non-hydrogen) atoms. The largest absolute Gasteiger partial charge is 0.456 e. The van der Waals surface area contributed by atoms with Crippen molar-refractivity contribution in [2.75, 3.05) is 13.2 Å². The molecule has 1 aromatic carbocycles. The summed E-state index contributed by atoms with van der Waals surface area (Å²) in [4.78, 5) is 41.4. The number of para-hydroxylation sites is 2. The first-order valence-corrected chi connectivity index (χ1v) is 11.7. The van der Waals surface area contributed by atoms with E-state index in [1.54, 1.807) is 4.57 Å². The second-order valence-electron chi connectivity index (χ2n) is 8.23. The summed E-state index contributed by atoms with van der Waals surface area (Å²) in [5.41, 5.74) is 3.11. The second kappa shape index (κ2) is 12.2. The molecular weight excluding hydrogens is 406 g/mol. The van der Waals surface area contributed by atoms with E-state index in [0.717, 1.165) is 43.1 Å². The average molecular weight is 440 g/mol. The van der Waals surface area contributed by atoms with Crippen LogP contribution in [0, 0.1) is 0 Å². The average Bonchev–Trinajstić information content (AvgIpc) is 2.81. The van der Waals surface area contributed by atoms with Gasteiger partial charge in [0.25, 0.3) is 11.5 Å². The first-order valence-electron chi connectivity index (χ1n) is 11.7. The maximum atomic E-state index is 12.9. The summed E-state index contributed by atoms with van der Waals surface area (Å²) in [5.74, 6) is -0.815. The molecule has 1 aliphatic carbocycles. The van der Waals surface area contributed by atoms with Crippen molar-refractivity contribution in [3.05, 3.63) is 52.0 Å². The molecule has 0 atom stereocenters. The molecule has 7 heteroatoms. The summed E-state index contributed by atoms with van der Waals surface area (Å²) in [5, 5.41) is 2.79. The molecule has 0 unspecified atom stereocenters. The maximum absolute atomic E-state index is 12.9. The Morgan fingerprint density at radius 1 is 1.19 bits per heavy atom. The molecule has 1 aliphatic rings. The number of unbranched alkanes of at least 4 members (excludes halogenated alkanes) is 1. The molecule has 0 bridgehead atoms. The predicted molar refractivity (Wildman–Crippen MR) is 124 cm³/mol. The zero-order chi connectivity index (χ0) is 22.8. The number of benzene rings is 1. The number of hydrogen-bond acceptors (Lipinski definition) is 5. The summed E-state index contributed by atoms with van der Waals surface area (Å²) < 4.78 is 6.83. The minimum atomic E-state index is -0.510. The SMILES string of the molecule is CCCCn1c(=O)c(CCC(=O)OCC(=O)NCCC2=CCCCC2)nc2ccccc21. The Balaban J connectivity index is 1.48. The van der Waals surface area contributed by atoms with Crippen LogP contribution >= 0.6 is 0 Å². The van der Waals surface area contributed by atoms with Crippen LogP contribution in [0.15, 0.2) is 40.7 Å². The number of aryl methyl sites for hydroxylation is 2. The molecule has 0 fully saturated rings. The smallest absolute Gasteiger partial charge is 0.306 e. The molecule has 0 spiro atoms. The van der Waals surface area contributed by atoms with Crippen LogP contribution < -0.4 is 10.9 Å². The molecule has 7 nitrogen and oxygen atoms in total. The molecule has 1 aromatic heterocycles. The van der Waals surface area contributed by atoms with Gasteiger partial charge in [-0.05, 0) is 50.7 Å². The number of amides is 1. The summed E-state index contributed by atoms with van der Waals surface area (Å²) in [6.45, 7) is 2.95. The van der Waals surface area contributed by atoms with Gasteiger partial charge in [-0.15, -0.1) is 0 Å². The van der Waals surface area contributed by atoms with Crippen molar-refractivity contribution >= 4 is 22.9 Å². The summed E-state index contributed by atoms with van der Waals surface area (Å²) >= 11 is 0. The molecule has 1 N–H and O–H groups in total. The quantitative estimate of drug-likeness (QED) is 0.426. The molecule has 2 aromatic rings. The molecule has 0 aliphatic heterocycles. The highest BCUT2D eigenvalue weighted by Crippen LogP contribution is 2.19. The van der Waals surface area contributed by atoms with Crippen LogP contribution in [0.1, 0.15) is 64.0 Å². The molecule has 0 saturated carbocycles. The minimum absolute atomic E-state index is 0.00846. The van der Waals surface area contributed by atoms with Crippen molar-refractivity contribution in [3.63, 3.8) is 0 Å². The molecule has 0 saturated heterocycles. The standard InChI is InChI=1S/C25H33N3O4/c1-2-3-17-28-22-12-8-7-11-20(22)27-21(25(28)31)13-14-24(30)32-18-23(29)26-16-15-19-9-5-4-6-10-19/h7-9,11-12H,2-6,10,13-18H2,1H3,(H,26,29). The monoisotopic (exact) mass is 439 g/mol. The van der Waals surface area contributed by atoms with Crippen molar-refractivity contribution in [1.82, 2.24) is 14.9 Å². The van der Waals surface area contributed by atoms with E-state index in [-0.39, 0.29) is 30.9 Å². The molecule has 172 valence electrons. The second-order valence-corrected chi connectivity index (χ2v) is 8.23. The third kappa shape index (κ3) is 6.77. The van der Waals surface area contributed by atoms with Gasteiger partial charge in [-0.25, -0.2) is 4.98 Å². The number of rotatable bonds is 11. The molecule has 3 rings (SSSR count).